The molecule has 0 saturated heterocycles. The average molecular weight is 253 g/mol. The highest BCUT2D eigenvalue weighted by Gasteiger charge is 2.11. The highest BCUT2D eigenvalue weighted by Crippen LogP contribution is 2.22. The summed E-state index contributed by atoms with van der Waals surface area (Å²) in [5.74, 6) is 1.11. The molecule has 0 bridgehead atoms. The van der Waals surface area contributed by atoms with Crippen molar-refractivity contribution in [3.8, 4) is 5.75 Å². The van der Waals surface area contributed by atoms with Gasteiger partial charge in [0, 0.05) is 6.42 Å². The van der Waals surface area contributed by atoms with Crippen molar-refractivity contribution in [3.63, 3.8) is 0 Å². The number of ether oxygens (including phenoxy) is 1. The third-order valence-corrected chi connectivity index (χ3v) is 3.81. The van der Waals surface area contributed by atoms with Gasteiger partial charge < -0.3 is 4.74 Å². The van der Waals surface area contributed by atoms with Crippen LogP contribution >= 0.6 is 17.0 Å². The minimum Gasteiger partial charge on any atom is -0.493 e. The van der Waals surface area contributed by atoms with Gasteiger partial charge in [-0.15, -0.1) is 21.5 Å². The zero-order valence-corrected chi connectivity index (χ0v) is 11.0. The van der Waals surface area contributed by atoms with Crippen molar-refractivity contribution in [2.24, 2.45) is 0 Å². The third-order valence-electron chi connectivity index (χ3n) is 2.29. The zero-order valence-electron chi connectivity index (χ0n) is 7.88. The maximum absolute atomic E-state index is 5.45. The topological polar surface area (TPSA) is 9.23 Å². The molecule has 1 aromatic rings. The molecule has 0 aromatic heterocycles. The molecule has 0 saturated carbocycles. The second-order valence-electron chi connectivity index (χ2n) is 3.29. The Morgan fingerprint density at radius 1 is 1.46 bits per heavy atom. The van der Waals surface area contributed by atoms with Crippen LogP contribution in [-0.2, 0) is 6.42 Å². The lowest BCUT2D eigenvalue weighted by molar-refractivity contribution is 0.357. The summed E-state index contributed by atoms with van der Waals surface area (Å²) >= 11 is 0.0245. The van der Waals surface area contributed by atoms with Crippen molar-refractivity contribution in [2.75, 3.05) is 6.61 Å². The van der Waals surface area contributed by atoms with Gasteiger partial charge in [0.2, 0.25) is 0 Å². The number of benzene rings is 1. The van der Waals surface area contributed by atoms with Gasteiger partial charge in [-0.3, -0.25) is 0 Å². The Hall–Kier alpha value is 0.266. The fourth-order valence-electron chi connectivity index (χ4n) is 1.68. The van der Waals surface area contributed by atoms with Crippen LogP contribution in [0.4, 0.5) is 0 Å². The second kappa shape index (κ2) is 5.22. The first-order valence-electron chi connectivity index (χ1n) is 4.65. The summed E-state index contributed by atoms with van der Waals surface area (Å²) in [6.45, 7) is 3.16. The summed E-state index contributed by atoms with van der Waals surface area (Å²) in [4.78, 5) is 0. The Morgan fingerprint density at radius 3 is 3.08 bits per heavy atom. The van der Waals surface area contributed by atoms with E-state index in [1.165, 1.54) is 10.1 Å². The van der Waals surface area contributed by atoms with Crippen molar-refractivity contribution >= 4 is 41.0 Å². The molecule has 0 unspecified atom stereocenters. The van der Waals surface area contributed by atoms with Crippen molar-refractivity contribution < 1.29 is 4.74 Å². The van der Waals surface area contributed by atoms with E-state index in [0.29, 0.717) is 0 Å². The van der Waals surface area contributed by atoms with Gasteiger partial charge in [-0.2, -0.15) is 3.69 Å². The first kappa shape index (κ1) is 11.3. The van der Waals surface area contributed by atoms with E-state index in [1.807, 2.05) is 0 Å². The molecular formula is C10H13BrMgO. The average Bonchev–Trinajstić information content (AvgIpc) is 2.51. The summed E-state index contributed by atoms with van der Waals surface area (Å²) in [5, 5.41) is 0. The van der Waals surface area contributed by atoms with Crippen molar-refractivity contribution in [1.29, 1.82) is 0 Å². The standard InChI is InChI=1S/C8H7O.C2H5.BrH.Mg/c1-2-4-8-7(3-1)5-6-9-8;1-2;;/h2-4H,5-6H2;1H2,2H3;1H;. The third kappa shape index (κ3) is 2.61. The zero-order chi connectivity index (χ0) is 8.39. The molecule has 0 N–H and O–H groups in total. The van der Waals surface area contributed by atoms with Gasteiger partial charge in [0.1, 0.15) is 5.75 Å². The van der Waals surface area contributed by atoms with E-state index < -0.39 is 0 Å². The molecule has 1 aromatic carbocycles. The molecule has 68 valence electrons. The van der Waals surface area contributed by atoms with Crippen LogP contribution in [0.2, 0.25) is 4.55 Å². The van der Waals surface area contributed by atoms with Gasteiger partial charge >= 0.3 is 20.4 Å². The van der Waals surface area contributed by atoms with Crippen LogP contribution in [0, 0.1) is 0 Å². The quantitative estimate of drug-likeness (QED) is 0.732. The number of halogens is 1. The first-order chi connectivity index (χ1) is 5.90. The summed E-state index contributed by atoms with van der Waals surface area (Å²) in [7, 11) is 0. The number of hydrogen-bond acceptors (Lipinski definition) is 1. The first-order valence-corrected chi connectivity index (χ1v) is 6.35. The molecular weight excluding hydrogens is 240 g/mol. The smallest absolute Gasteiger partial charge is 0.408 e. The van der Waals surface area contributed by atoms with Gasteiger partial charge in [-0.25, -0.2) is 0 Å². The minimum atomic E-state index is 0. The maximum atomic E-state index is 5.45. The van der Waals surface area contributed by atoms with Crippen LogP contribution in [0.15, 0.2) is 18.2 Å². The van der Waals surface area contributed by atoms with Crippen LogP contribution in [0.3, 0.4) is 0 Å². The van der Waals surface area contributed by atoms with Crippen molar-refractivity contribution in [1.82, 2.24) is 0 Å². The number of hydrogen-bond donors (Lipinski definition) is 0. The van der Waals surface area contributed by atoms with Gasteiger partial charge in [-0.05, 0) is 11.6 Å². The molecule has 3 heteroatoms. The van der Waals surface area contributed by atoms with E-state index in [1.54, 1.807) is 3.69 Å². The molecule has 0 fully saturated rings. The van der Waals surface area contributed by atoms with Crippen LogP contribution < -0.4 is 8.43 Å². The Labute approximate surface area is 99.4 Å². The minimum absolute atomic E-state index is 0. The summed E-state index contributed by atoms with van der Waals surface area (Å²) < 4.78 is 8.39. The fraction of sp³-hybridized carbons (Fsp3) is 0.400. The number of rotatable bonds is 2. The van der Waals surface area contributed by atoms with Crippen LogP contribution in [-0.4, -0.2) is 27.0 Å². The SMILES string of the molecule is Br.C[CH2][Mg][c]1ccc2c(c1)CCO2. The van der Waals surface area contributed by atoms with Gasteiger partial charge in [-0.1, -0.05) is 19.1 Å². The normalized spacial score (nSPS) is 12.4. The lowest BCUT2D eigenvalue weighted by atomic mass is 10.2. The summed E-state index contributed by atoms with van der Waals surface area (Å²) in [5.41, 5.74) is 1.42. The van der Waals surface area contributed by atoms with E-state index in [4.69, 9.17) is 4.74 Å². The second-order valence-corrected chi connectivity index (χ2v) is 5.61. The molecule has 0 radical (unpaired) electrons. The molecule has 1 heterocycles. The van der Waals surface area contributed by atoms with E-state index in [2.05, 4.69) is 25.1 Å². The molecule has 0 spiro atoms. The monoisotopic (exact) mass is 252 g/mol. The highest BCUT2D eigenvalue weighted by atomic mass is 79.9. The van der Waals surface area contributed by atoms with Crippen LogP contribution in [0.5, 0.6) is 5.75 Å². The lowest BCUT2D eigenvalue weighted by Gasteiger charge is -2.01. The fourth-order valence-corrected chi connectivity index (χ4v) is 2.94. The van der Waals surface area contributed by atoms with Gasteiger partial charge in [0.05, 0.1) is 6.61 Å². The van der Waals surface area contributed by atoms with E-state index in [-0.39, 0.29) is 37.3 Å². The van der Waals surface area contributed by atoms with E-state index in [9.17, 15) is 0 Å². The molecule has 0 aliphatic carbocycles. The summed E-state index contributed by atoms with van der Waals surface area (Å²) in [6, 6.07) is 6.72. The predicted molar refractivity (Wildman–Crippen MR) is 61.8 cm³/mol. The Balaban J connectivity index is 0.000000845. The molecule has 0 amide bonds. The molecule has 1 aliphatic rings. The number of fused-ring (bicyclic) bond motifs is 1. The highest BCUT2D eigenvalue weighted by molar-refractivity contribution is 8.93. The lowest BCUT2D eigenvalue weighted by Crippen LogP contribution is -2.12. The van der Waals surface area contributed by atoms with Crippen molar-refractivity contribution in [2.45, 2.75) is 17.9 Å². The Morgan fingerprint density at radius 2 is 2.31 bits per heavy atom. The van der Waals surface area contributed by atoms with Crippen molar-refractivity contribution in [3.05, 3.63) is 23.8 Å². The molecule has 13 heavy (non-hydrogen) atoms. The van der Waals surface area contributed by atoms with Crippen LogP contribution in [0.1, 0.15) is 12.5 Å². The van der Waals surface area contributed by atoms with Gasteiger partial charge in [0.25, 0.3) is 0 Å². The maximum Gasteiger partial charge on any atom is 0.408 e. The largest absolute Gasteiger partial charge is 0.493 e. The Kier molecular flexibility index (Phi) is 4.56. The van der Waals surface area contributed by atoms with Gasteiger partial charge in [0.15, 0.2) is 0 Å². The predicted octanol–water partition coefficient (Wildman–Crippen LogP) is 1.97. The Bertz CT molecular complexity index is 288. The summed E-state index contributed by atoms with van der Waals surface area (Å²) in [6.07, 6.45) is 1.11. The molecule has 1 aliphatic heterocycles. The molecule has 0 atom stereocenters. The van der Waals surface area contributed by atoms with E-state index in [0.717, 1.165) is 18.8 Å². The molecule has 2 rings (SSSR count). The molecule has 1 nitrogen and oxygen atoms in total. The van der Waals surface area contributed by atoms with Crippen LogP contribution in [0.25, 0.3) is 0 Å². The van der Waals surface area contributed by atoms with E-state index >= 15 is 0 Å².